The number of sulfonamides is 1. The monoisotopic (exact) mass is 590 g/mol. The summed E-state index contributed by atoms with van der Waals surface area (Å²) in [5.74, 6) is -4.45. The molecule has 0 spiro atoms. The molecule has 0 radical (unpaired) electrons. The summed E-state index contributed by atoms with van der Waals surface area (Å²) in [6.07, 6.45) is 1.91. The molecule has 0 aliphatic carbocycles. The molecule has 1 fully saturated rings. The summed E-state index contributed by atoms with van der Waals surface area (Å²) in [6, 6.07) is 9.29. The minimum absolute atomic E-state index is 0.0317. The largest absolute Gasteiger partial charge is 0.497 e. The summed E-state index contributed by atoms with van der Waals surface area (Å²) in [7, 11) is -2.89. The Morgan fingerprint density at radius 1 is 1.07 bits per heavy atom. The first-order valence-corrected chi connectivity index (χ1v) is 14.0. The average molecular weight is 591 g/mol. The van der Waals surface area contributed by atoms with Crippen molar-refractivity contribution in [2.24, 2.45) is 0 Å². The van der Waals surface area contributed by atoms with Crippen molar-refractivity contribution < 1.29 is 36.6 Å². The van der Waals surface area contributed by atoms with Crippen molar-refractivity contribution in [2.45, 2.75) is 36.4 Å². The van der Waals surface area contributed by atoms with Gasteiger partial charge in [0.2, 0.25) is 16.0 Å². The number of hydrogen-bond donors (Lipinski definition) is 4. The first-order valence-electron chi connectivity index (χ1n) is 12.5. The summed E-state index contributed by atoms with van der Waals surface area (Å²) >= 11 is 0. The molecule has 2 heterocycles. The number of anilines is 2. The number of aromatic nitrogens is 2. The van der Waals surface area contributed by atoms with Crippen LogP contribution in [-0.2, 0) is 14.8 Å². The lowest BCUT2D eigenvalue weighted by Gasteiger charge is -2.34. The van der Waals surface area contributed by atoms with Gasteiger partial charge in [0, 0.05) is 31.5 Å². The van der Waals surface area contributed by atoms with Gasteiger partial charge in [0.15, 0.2) is 11.6 Å². The van der Waals surface area contributed by atoms with Crippen molar-refractivity contribution in [3.05, 3.63) is 72.1 Å². The molecule has 1 aromatic heterocycles. The Morgan fingerprint density at radius 3 is 2.34 bits per heavy atom. The van der Waals surface area contributed by atoms with Crippen LogP contribution in [0, 0.1) is 11.6 Å². The van der Waals surface area contributed by atoms with E-state index in [4.69, 9.17) is 4.74 Å². The SMILES string of the molecule is COc1ccc(S(=O)(=O)NC(CC(=O)O)NC(=O)c2ccc(N3CCC(Nc4ncccn4)CC3)c(F)c2F)cc1. The van der Waals surface area contributed by atoms with Crippen LogP contribution in [0.3, 0.4) is 0 Å². The van der Waals surface area contributed by atoms with E-state index in [0.29, 0.717) is 37.6 Å². The molecule has 41 heavy (non-hydrogen) atoms. The van der Waals surface area contributed by atoms with Crippen LogP contribution in [-0.4, -0.2) is 67.8 Å². The Kier molecular flexibility index (Phi) is 9.29. The minimum atomic E-state index is -4.29. The molecule has 3 aromatic rings. The van der Waals surface area contributed by atoms with E-state index in [1.165, 1.54) is 37.4 Å². The second kappa shape index (κ2) is 12.9. The molecule has 15 heteroatoms. The number of carbonyl (C=O) groups is 2. The summed E-state index contributed by atoms with van der Waals surface area (Å²) in [5, 5.41) is 14.6. The lowest BCUT2D eigenvalue weighted by Crippen LogP contribution is -2.49. The summed E-state index contributed by atoms with van der Waals surface area (Å²) < 4.78 is 62.7. The van der Waals surface area contributed by atoms with E-state index >= 15 is 8.78 Å². The Hall–Kier alpha value is -4.37. The molecule has 0 bridgehead atoms. The van der Waals surface area contributed by atoms with Gasteiger partial charge in [-0.2, -0.15) is 4.72 Å². The number of carboxylic acid groups (broad SMARTS) is 1. The fraction of sp³-hybridized carbons (Fsp3) is 0.308. The van der Waals surface area contributed by atoms with Gasteiger partial charge in [-0.15, -0.1) is 0 Å². The van der Waals surface area contributed by atoms with E-state index in [0.717, 1.165) is 6.07 Å². The van der Waals surface area contributed by atoms with Gasteiger partial charge < -0.3 is 25.4 Å². The quantitative estimate of drug-likeness (QED) is 0.244. The molecule has 1 aliphatic rings. The second-order valence-corrected chi connectivity index (χ2v) is 10.9. The van der Waals surface area contributed by atoms with Crippen molar-refractivity contribution in [3.63, 3.8) is 0 Å². The van der Waals surface area contributed by atoms with Crippen LogP contribution in [0.25, 0.3) is 0 Å². The number of ether oxygens (including phenoxy) is 1. The molecule has 4 rings (SSSR count). The third-order valence-electron chi connectivity index (χ3n) is 6.39. The maximum absolute atomic E-state index is 15.1. The molecule has 1 unspecified atom stereocenters. The molecule has 2 aromatic carbocycles. The molecule has 1 saturated heterocycles. The number of nitrogens with one attached hydrogen (secondary N) is 3. The molecule has 1 aliphatic heterocycles. The lowest BCUT2D eigenvalue weighted by atomic mass is 10.0. The molecule has 1 atom stereocenters. The van der Waals surface area contributed by atoms with E-state index in [-0.39, 0.29) is 16.6 Å². The van der Waals surface area contributed by atoms with Crippen molar-refractivity contribution in [2.75, 3.05) is 30.4 Å². The Bertz CT molecular complexity index is 1490. The second-order valence-electron chi connectivity index (χ2n) is 9.16. The van der Waals surface area contributed by atoms with Crippen LogP contribution < -0.4 is 25.0 Å². The van der Waals surface area contributed by atoms with Crippen LogP contribution in [0.5, 0.6) is 5.75 Å². The first kappa shape index (κ1) is 29.6. The molecule has 12 nitrogen and oxygen atoms in total. The van der Waals surface area contributed by atoms with Gasteiger partial charge in [0.1, 0.15) is 11.9 Å². The number of hydrogen-bond acceptors (Lipinski definition) is 9. The zero-order valence-corrected chi connectivity index (χ0v) is 22.7. The van der Waals surface area contributed by atoms with Gasteiger partial charge in [-0.25, -0.2) is 27.2 Å². The summed E-state index contributed by atoms with van der Waals surface area (Å²) in [4.78, 5) is 33.8. The third-order valence-corrected chi connectivity index (χ3v) is 7.88. The van der Waals surface area contributed by atoms with Gasteiger partial charge >= 0.3 is 5.97 Å². The third kappa shape index (κ3) is 7.43. The Morgan fingerprint density at radius 2 is 1.73 bits per heavy atom. The minimum Gasteiger partial charge on any atom is -0.497 e. The number of carbonyl (C=O) groups excluding carboxylic acids is 1. The van der Waals surface area contributed by atoms with E-state index in [9.17, 15) is 23.1 Å². The number of piperidine rings is 1. The van der Waals surface area contributed by atoms with Crippen molar-refractivity contribution in [3.8, 4) is 5.75 Å². The van der Waals surface area contributed by atoms with Gasteiger partial charge in [-0.1, -0.05) is 0 Å². The highest BCUT2D eigenvalue weighted by Gasteiger charge is 2.28. The number of halogens is 2. The zero-order valence-electron chi connectivity index (χ0n) is 21.9. The standard InChI is InChI=1S/C26H28F2N6O6S/c1-40-17-3-5-18(6-4-17)41(38,39)33-21(15-22(35)36)32-25(37)19-7-8-20(24(28)23(19)27)34-13-9-16(10-14-34)31-26-29-11-2-12-30-26/h2-8,11-12,16,21,33H,9-10,13-15H2,1H3,(H,32,37)(H,35,36)(H,29,30,31). The smallest absolute Gasteiger partial charge is 0.306 e. The van der Waals surface area contributed by atoms with Crippen LogP contribution >= 0.6 is 0 Å². The van der Waals surface area contributed by atoms with Crippen LogP contribution in [0.15, 0.2) is 59.8 Å². The van der Waals surface area contributed by atoms with E-state index in [1.54, 1.807) is 23.4 Å². The number of benzene rings is 2. The number of rotatable bonds is 11. The van der Waals surface area contributed by atoms with Crippen LogP contribution in [0.4, 0.5) is 20.4 Å². The average Bonchev–Trinajstić information content (AvgIpc) is 2.95. The first-order chi connectivity index (χ1) is 19.6. The van der Waals surface area contributed by atoms with Crippen LogP contribution in [0.1, 0.15) is 29.6 Å². The fourth-order valence-corrected chi connectivity index (χ4v) is 5.47. The fourth-order valence-electron chi connectivity index (χ4n) is 4.32. The zero-order chi connectivity index (χ0) is 29.6. The van der Waals surface area contributed by atoms with E-state index < -0.39 is 51.7 Å². The Balaban J connectivity index is 1.43. The van der Waals surface area contributed by atoms with Gasteiger partial charge in [-0.05, 0) is 55.3 Å². The molecule has 0 saturated carbocycles. The highest BCUT2D eigenvalue weighted by molar-refractivity contribution is 7.89. The normalized spacial score (nSPS) is 14.8. The molecule has 4 N–H and O–H groups in total. The number of methoxy groups -OCH3 is 1. The lowest BCUT2D eigenvalue weighted by molar-refractivity contribution is -0.137. The molecule has 218 valence electrons. The van der Waals surface area contributed by atoms with Gasteiger partial charge in [-0.3, -0.25) is 9.59 Å². The number of aliphatic carboxylic acids is 1. The van der Waals surface area contributed by atoms with Crippen molar-refractivity contribution >= 4 is 33.5 Å². The predicted molar refractivity (Wildman–Crippen MR) is 144 cm³/mol. The molecular weight excluding hydrogens is 562 g/mol. The van der Waals surface area contributed by atoms with Crippen molar-refractivity contribution in [1.29, 1.82) is 0 Å². The van der Waals surface area contributed by atoms with Gasteiger partial charge in [0.05, 0.1) is 29.7 Å². The van der Waals surface area contributed by atoms with E-state index in [1.807, 2.05) is 0 Å². The maximum Gasteiger partial charge on any atom is 0.306 e. The summed E-state index contributed by atoms with van der Waals surface area (Å²) in [6.45, 7) is 0.806. The topological polar surface area (TPSA) is 163 Å². The number of nitrogens with zero attached hydrogens (tertiary/aromatic N) is 3. The Labute approximate surface area is 234 Å². The molecule has 1 amide bonds. The number of carboxylic acids is 1. The molecular formula is C26H28F2N6O6S. The van der Waals surface area contributed by atoms with Crippen molar-refractivity contribution in [1.82, 2.24) is 20.0 Å². The highest BCUT2D eigenvalue weighted by Crippen LogP contribution is 2.28. The highest BCUT2D eigenvalue weighted by atomic mass is 32.2. The summed E-state index contributed by atoms with van der Waals surface area (Å²) in [5.41, 5.74) is -0.737. The predicted octanol–water partition coefficient (Wildman–Crippen LogP) is 2.35. The van der Waals surface area contributed by atoms with E-state index in [2.05, 4.69) is 25.3 Å². The van der Waals surface area contributed by atoms with Crippen LogP contribution in [0.2, 0.25) is 0 Å². The van der Waals surface area contributed by atoms with Gasteiger partial charge in [0.25, 0.3) is 5.91 Å². The number of amides is 1. The maximum atomic E-state index is 15.1.